The van der Waals surface area contributed by atoms with Crippen LogP contribution in [0.3, 0.4) is 0 Å². The maximum Gasteiger partial charge on any atom is 0.181 e. The van der Waals surface area contributed by atoms with Gasteiger partial charge in [-0.1, -0.05) is 0 Å². The Labute approximate surface area is 86.2 Å². The smallest absolute Gasteiger partial charge is 0.181 e. The van der Waals surface area contributed by atoms with Gasteiger partial charge in [0.2, 0.25) is 0 Å². The standard InChI is InChI=1S/C10H10N4O/c11-6-1-2-8(12)7(3-6)10(13)9-4-15-5-14-9/h1-5,13H,11-12H2. The van der Waals surface area contributed by atoms with E-state index >= 15 is 0 Å². The molecule has 0 fully saturated rings. The normalized spacial score (nSPS) is 10.1. The number of nitrogens with two attached hydrogens (primary N) is 2. The Morgan fingerprint density at radius 2 is 2.13 bits per heavy atom. The van der Waals surface area contributed by atoms with E-state index < -0.39 is 0 Å². The molecule has 76 valence electrons. The first-order valence-corrected chi connectivity index (χ1v) is 4.31. The molecule has 1 aromatic carbocycles. The van der Waals surface area contributed by atoms with Crippen molar-refractivity contribution in [3.8, 4) is 0 Å². The van der Waals surface area contributed by atoms with Gasteiger partial charge >= 0.3 is 0 Å². The van der Waals surface area contributed by atoms with Crippen molar-refractivity contribution in [2.75, 3.05) is 11.5 Å². The molecular weight excluding hydrogens is 192 g/mol. The molecule has 0 radical (unpaired) electrons. The minimum Gasteiger partial charge on any atom is -0.451 e. The zero-order chi connectivity index (χ0) is 10.8. The van der Waals surface area contributed by atoms with E-state index in [-0.39, 0.29) is 5.71 Å². The van der Waals surface area contributed by atoms with Crippen LogP contribution in [0.2, 0.25) is 0 Å². The summed E-state index contributed by atoms with van der Waals surface area (Å²) in [6.45, 7) is 0. The molecule has 0 saturated heterocycles. The largest absolute Gasteiger partial charge is 0.451 e. The Morgan fingerprint density at radius 3 is 2.80 bits per heavy atom. The summed E-state index contributed by atoms with van der Waals surface area (Å²) in [7, 11) is 0. The molecule has 0 spiro atoms. The van der Waals surface area contributed by atoms with Gasteiger partial charge in [0.15, 0.2) is 6.39 Å². The van der Waals surface area contributed by atoms with Crippen LogP contribution < -0.4 is 11.5 Å². The van der Waals surface area contributed by atoms with Gasteiger partial charge in [0.1, 0.15) is 12.0 Å². The van der Waals surface area contributed by atoms with Crippen LogP contribution in [-0.4, -0.2) is 10.7 Å². The number of oxazole rings is 1. The van der Waals surface area contributed by atoms with Crippen LogP contribution in [0.1, 0.15) is 11.3 Å². The van der Waals surface area contributed by atoms with Crippen molar-refractivity contribution < 1.29 is 4.42 Å². The summed E-state index contributed by atoms with van der Waals surface area (Å²) in [5.74, 6) is 0. The van der Waals surface area contributed by atoms with Crippen molar-refractivity contribution in [2.24, 2.45) is 0 Å². The van der Waals surface area contributed by atoms with E-state index in [1.165, 1.54) is 12.7 Å². The van der Waals surface area contributed by atoms with Crippen molar-refractivity contribution in [1.82, 2.24) is 4.98 Å². The summed E-state index contributed by atoms with van der Waals surface area (Å²) in [4.78, 5) is 3.88. The lowest BCUT2D eigenvalue weighted by Crippen LogP contribution is -2.06. The Morgan fingerprint density at radius 1 is 1.33 bits per heavy atom. The predicted octanol–water partition coefficient (Wildman–Crippen LogP) is 1.26. The monoisotopic (exact) mass is 202 g/mol. The zero-order valence-corrected chi connectivity index (χ0v) is 7.90. The van der Waals surface area contributed by atoms with Crippen LogP contribution >= 0.6 is 0 Å². The molecule has 2 aromatic rings. The molecule has 0 saturated carbocycles. The molecule has 5 nitrogen and oxygen atoms in total. The highest BCUT2D eigenvalue weighted by Gasteiger charge is 2.10. The first-order chi connectivity index (χ1) is 7.18. The predicted molar refractivity (Wildman–Crippen MR) is 57.7 cm³/mol. The number of rotatable bonds is 2. The third kappa shape index (κ3) is 1.67. The second kappa shape index (κ2) is 3.45. The number of hydrogen-bond donors (Lipinski definition) is 3. The molecule has 0 amide bonds. The Bertz CT molecular complexity index is 490. The van der Waals surface area contributed by atoms with Crippen LogP contribution in [0.4, 0.5) is 11.4 Å². The first kappa shape index (κ1) is 9.26. The summed E-state index contributed by atoms with van der Waals surface area (Å²) >= 11 is 0. The van der Waals surface area contributed by atoms with Gasteiger partial charge in [0.05, 0.1) is 5.71 Å². The first-order valence-electron chi connectivity index (χ1n) is 4.31. The van der Waals surface area contributed by atoms with E-state index in [9.17, 15) is 0 Å². The fourth-order valence-corrected chi connectivity index (χ4v) is 1.26. The molecule has 0 unspecified atom stereocenters. The van der Waals surface area contributed by atoms with Crippen LogP contribution in [-0.2, 0) is 0 Å². The molecule has 5 heteroatoms. The number of benzene rings is 1. The van der Waals surface area contributed by atoms with Crippen molar-refractivity contribution in [2.45, 2.75) is 0 Å². The molecule has 0 aliphatic carbocycles. The lowest BCUT2D eigenvalue weighted by molar-refractivity contribution is 0.557. The van der Waals surface area contributed by atoms with E-state index in [1.54, 1.807) is 18.2 Å². The van der Waals surface area contributed by atoms with Gasteiger partial charge in [-0.2, -0.15) is 0 Å². The summed E-state index contributed by atoms with van der Waals surface area (Å²) in [6, 6.07) is 5.00. The zero-order valence-electron chi connectivity index (χ0n) is 7.90. The Kier molecular flexibility index (Phi) is 2.13. The number of anilines is 2. The number of aromatic nitrogens is 1. The molecule has 0 bridgehead atoms. The van der Waals surface area contributed by atoms with E-state index in [4.69, 9.17) is 21.3 Å². The molecule has 0 atom stereocenters. The maximum absolute atomic E-state index is 7.87. The molecule has 15 heavy (non-hydrogen) atoms. The average Bonchev–Trinajstić information content (AvgIpc) is 2.74. The lowest BCUT2D eigenvalue weighted by atomic mass is 10.1. The fourth-order valence-electron chi connectivity index (χ4n) is 1.26. The highest BCUT2D eigenvalue weighted by atomic mass is 16.3. The Balaban J connectivity index is 2.46. The minimum atomic E-state index is 0.202. The highest BCUT2D eigenvalue weighted by Crippen LogP contribution is 2.18. The molecule has 1 heterocycles. The topological polar surface area (TPSA) is 102 Å². The van der Waals surface area contributed by atoms with Crippen LogP contribution in [0.15, 0.2) is 35.3 Å². The summed E-state index contributed by atoms with van der Waals surface area (Å²) in [5.41, 5.74) is 13.6. The van der Waals surface area contributed by atoms with E-state index in [2.05, 4.69) is 4.98 Å². The molecular formula is C10H10N4O. The van der Waals surface area contributed by atoms with Gasteiger partial charge in [0.25, 0.3) is 0 Å². The van der Waals surface area contributed by atoms with Gasteiger partial charge in [-0.3, -0.25) is 5.41 Å². The Hall–Kier alpha value is -2.30. The van der Waals surface area contributed by atoms with Crippen molar-refractivity contribution >= 4 is 17.1 Å². The summed E-state index contributed by atoms with van der Waals surface area (Å²) in [6.07, 6.45) is 2.66. The second-order valence-electron chi connectivity index (χ2n) is 3.10. The number of nitrogens with one attached hydrogen (secondary N) is 1. The third-order valence-corrected chi connectivity index (χ3v) is 2.04. The van der Waals surface area contributed by atoms with Crippen molar-refractivity contribution in [3.05, 3.63) is 42.1 Å². The molecule has 0 aliphatic rings. The van der Waals surface area contributed by atoms with Crippen molar-refractivity contribution in [1.29, 1.82) is 5.41 Å². The second-order valence-corrected chi connectivity index (χ2v) is 3.10. The van der Waals surface area contributed by atoms with Gasteiger partial charge < -0.3 is 15.9 Å². The van der Waals surface area contributed by atoms with E-state index in [0.717, 1.165) is 0 Å². The lowest BCUT2D eigenvalue weighted by Gasteiger charge is -2.05. The third-order valence-electron chi connectivity index (χ3n) is 2.04. The molecule has 1 aromatic heterocycles. The van der Waals surface area contributed by atoms with Crippen molar-refractivity contribution in [3.63, 3.8) is 0 Å². The van der Waals surface area contributed by atoms with Crippen LogP contribution in [0.25, 0.3) is 0 Å². The number of hydrogen-bond acceptors (Lipinski definition) is 5. The van der Waals surface area contributed by atoms with E-state index in [0.29, 0.717) is 22.6 Å². The number of nitrogen functional groups attached to an aromatic ring is 2. The van der Waals surface area contributed by atoms with Crippen LogP contribution in [0, 0.1) is 5.41 Å². The van der Waals surface area contributed by atoms with Gasteiger partial charge in [-0.15, -0.1) is 0 Å². The van der Waals surface area contributed by atoms with Gasteiger partial charge in [0, 0.05) is 16.9 Å². The number of nitrogens with zero attached hydrogens (tertiary/aromatic N) is 1. The molecule has 2 rings (SSSR count). The van der Waals surface area contributed by atoms with Crippen LogP contribution in [0.5, 0.6) is 0 Å². The van der Waals surface area contributed by atoms with Gasteiger partial charge in [-0.05, 0) is 18.2 Å². The highest BCUT2D eigenvalue weighted by molar-refractivity contribution is 6.12. The quantitative estimate of drug-likeness (QED) is 0.503. The molecule has 5 N–H and O–H groups in total. The summed E-state index contributed by atoms with van der Waals surface area (Å²) < 4.78 is 4.80. The minimum absolute atomic E-state index is 0.202. The maximum atomic E-state index is 7.87. The SMILES string of the molecule is N=C(c1cocn1)c1cc(N)ccc1N. The molecule has 0 aliphatic heterocycles. The van der Waals surface area contributed by atoms with Gasteiger partial charge in [-0.25, -0.2) is 4.98 Å². The summed E-state index contributed by atoms with van der Waals surface area (Å²) in [5, 5.41) is 7.87. The van der Waals surface area contributed by atoms with E-state index in [1.807, 2.05) is 0 Å². The average molecular weight is 202 g/mol. The fraction of sp³-hybridized carbons (Fsp3) is 0.